The number of esters is 1. The van der Waals surface area contributed by atoms with E-state index in [0.29, 0.717) is 11.5 Å². The minimum atomic E-state index is -1.82. The van der Waals surface area contributed by atoms with Crippen molar-refractivity contribution in [2.45, 2.75) is 103 Å². The van der Waals surface area contributed by atoms with E-state index in [-0.39, 0.29) is 50.1 Å². The molecule has 340 valence electrons. The Labute approximate surface area is 371 Å². The van der Waals surface area contributed by atoms with Crippen molar-refractivity contribution in [1.82, 2.24) is 14.2 Å². The van der Waals surface area contributed by atoms with Crippen molar-refractivity contribution in [3.63, 3.8) is 0 Å². The molecule has 5 atom stereocenters. The SMILES string of the molecule is COCCOC1C(OP(CC(=O)OC(C)(C)CC#N)N(C(C)C)C(C)C)C(COC(c2ccccc2)(c2ccc(OC)cc2)c2ccc(OC)cc2)OC1n1cc(C)c(=O)[nH]c1=O. The summed E-state index contributed by atoms with van der Waals surface area (Å²) in [6.45, 7) is 13.2. The molecule has 1 N–H and O–H groups in total. The highest BCUT2D eigenvalue weighted by atomic mass is 31.2. The van der Waals surface area contributed by atoms with Crippen LogP contribution in [0.15, 0.2) is 94.6 Å². The van der Waals surface area contributed by atoms with Crippen molar-refractivity contribution < 1.29 is 42.5 Å². The van der Waals surface area contributed by atoms with Gasteiger partial charge >= 0.3 is 11.7 Å². The summed E-state index contributed by atoms with van der Waals surface area (Å²) in [7, 11) is 2.94. The quantitative estimate of drug-likeness (QED) is 0.0376. The van der Waals surface area contributed by atoms with Crippen molar-refractivity contribution in [3.05, 3.63) is 128 Å². The highest BCUT2D eigenvalue weighted by Crippen LogP contribution is 2.51. The van der Waals surface area contributed by atoms with E-state index in [1.807, 2.05) is 107 Å². The number of hydrogen-bond acceptors (Lipinski definition) is 13. The van der Waals surface area contributed by atoms with E-state index in [0.717, 1.165) is 16.7 Å². The molecule has 0 saturated carbocycles. The Kier molecular flexibility index (Phi) is 17.3. The normalized spacial score (nSPS) is 18.4. The van der Waals surface area contributed by atoms with Gasteiger partial charge < -0.3 is 37.7 Å². The molecule has 16 heteroatoms. The van der Waals surface area contributed by atoms with Gasteiger partial charge in [0.25, 0.3) is 5.56 Å². The van der Waals surface area contributed by atoms with Crippen molar-refractivity contribution >= 4 is 14.3 Å². The lowest BCUT2D eigenvalue weighted by Gasteiger charge is -2.40. The van der Waals surface area contributed by atoms with Gasteiger partial charge in [0.1, 0.15) is 55.5 Å². The zero-order valence-corrected chi connectivity index (χ0v) is 38.8. The molecule has 1 aliphatic rings. The number of H-pyrrole nitrogens is 1. The van der Waals surface area contributed by atoms with Gasteiger partial charge in [0.15, 0.2) is 6.23 Å². The van der Waals surface area contributed by atoms with Gasteiger partial charge in [-0.25, -0.2) is 4.79 Å². The van der Waals surface area contributed by atoms with Crippen molar-refractivity contribution in [3.8, 4) is 17.6 Å². The van der Waals surface area contributed by atoms with Gasteiger partial charge in [-0.3, -0.25) is 23.8 Å². The minimum absolute atomic E-state index is 0.00145. The first-order valence-electron chi connectivity index (χ1n) is 21.0. The predicted octanol–water partition coefficient (Wildman–Crippen LogP) is 6.85. The third kappa shape index (κ3) is 11.8. The number of methoxy groups -OCH3 is 3. The Hall–Kier alpha value is -4.91. The Morgan fingerprint density at radius 3 is 1.97 bits per heavy atom. The van der Waals surface area contributed by atoms with Crippen LogP contribution in [0.25, 0.3) is 0 Å². The molecule has 3 aromatic carbocycles. The van der Waals surface area contributed by atoms with Crippen LogP contribution in [0.5, 0.6) is 11.5 Å². The number of nitrogens with one attached hydrogen (secondary N) is 1. The van der Waals surface area contributed by atoms with Gasteiger partial charge in [-0.1, -0.05) is 54.6 Å². The molecule has 0 bridgehead atoms. The van der Waals surface area contributed by atoms with Crippen molar-refractivity contribution in [1.29, 1.82) is 5.26 Å². The van der Waals surface area contributed by atoms with Gasteiger partial charge in [-0.2, -0.15) is 5.26 Å². The zero-order valence-electron chi connectivity index (χ0n) is 37.9. The topological polar surface area (TPSA) is 173 Å². The smallest absolute Gasteiger partial charge is 0.330 e. The van der Waals surface area contributed by atoms with E-state index in [1.54, 1.807) is 42.1 Å². The third-order valence-electron chi connectivity index (χ3n) is 10.7. The Balaban J connectivity index is 1.70. The van der Waals surface area contributed by atoms with Gasteiger partial charge in [0.05, 0.1) is 46.5 Å². The molecule has 0 spiro atoms. The first-order valence-corrected chi connectivity index (χ1v) is 22.4. The van der Waals surface area contributed by atoms with Gasteiger partial charge in [0.2, 0.25) is 0 Å². The number of aromatic amines is 1. The van der Waals surface area contributed by atoms with Crippen LogP contribution in [0.3, 0.4) is 0 Å². The summed E-state index contributed by atoms with van der Waals surface area (Å²) in [5.74, 6) is 0.778. The second-order valence-electron chi connectivity index (χ2n) is 16.4. The Bertz CT molecular complexity index is 2190. The lowest BCUT2D eigenvalue weighted by atomic mass is 9.80. The molecule has 1 aliphatic heterocycles. The summed E-state index contributed by atoms with van der Waals surface area (Å²) in [6.07, 6.45) is -2.74. The maximum absolute atomic E-state index is 13.8. The molecule has 0 aliphatic carbocycles. The first kappa shape index (κ1) is 49.1. The zero-order chi connectivity index (χ0) is 45.9. The maximum atomic E-state index is 13.8. The second-order valence-corrected chi connectivity index (χ2v) is 18.1. The fraction of sp³-hybridized carbons (Fsp3) is 0.489. The number of ether oxygens (including phenoxy) is 7. The molecule has 1 saturated heterocycles. The molecule has 2 heterocycles. The summed E-state index contributed by atoms with van der Waals surface area (Å²) in [4.78, 5) is 42.5. The lowest BCUT2D eigenvalue weighted by Crippen LogP contribution is -2.44. The van der Waals surface area contributed by atoms with Crippen LogP contribution >= 0.6 is 8.30 Å². The minimum Gasteiger partial charge on any atom is -0.497 e. The van der Waals surface area contributed by atoms with E-state index in [4.69, 9.17) is 37.7 Å². The van der Waals surface area contributed by atoms with E-state index >= 15 is 0 Å². The van der Waals surface area contributed by atoms with Crippen molar-refractivity contribution in [2.24, 2.45) is 0 Å². The highest BCUT2D eigenvalue weighted by Gasteiger charge is 2.51. The summed E-state index contributed by atoms with van der Waals surface area (Å²) in [5.41, 5.74) is -0.881. The molecular formula is C47H61N4O11P. The van der Waals surface area contributed by atoms with E-state index in [1.165, 1.54) is 10.8 Å². The standard InChI is InChI=1S/C47H61N4O11P/c1-31(2)51(32(3)4)63(30-40(52)61-46(6,7)24-25-48)62-41-39(60-44(42(41)58-27-26-55-8)50-28-33(5)43(53)49-45(50)54)29-59-47(34-14-12-11-13-15-34,35-16-20-37(56-9)21-17-35)36-18-22-38(57-10)23-19-36/h11-23,28,31-32,39,41-42,44H,24,26-27,29-30H2,1-10H3,(H,49,53,54). The van der Waals surface area contributed by atoms with Gasteiger partial charge in [-0.15, -0.1) is 0 Å². The third-order valence-corrected chi connectivity index (χ3v) is 13.1. The van der Waals surface area contributed by atoms with Gasteiger partial charge in [0, 0.05) is 31.0 Å². The predicted molar refractivity (Wildman–Crippen MR) is 239 cm³/mol. The van der Waals surface area contributed by atoms with Crippen LogP contribution in [0, 0.1) is 18.3 Å². The van der Waals surface area contributed by atoms with E-state index < -0.39 is 61.3 Å². The number of nitrogens with zero attached hydrogens (tertiary/aromatic N) is 3. The summed E-state index contributed by atoms with van der Waals surface area (Å²) in [6, 6.07) is 27.0. The molecule has 5 rings (SSSR count). The molecule has 5 unspecified atom stereocenters. The van der Waals surface area contributed by atoms with Crippen LogP contribution in [-0.2, 0) is 38.6 Å². The fourth-order valence-electron chi connectivity index (χ4n) is 7.80. The van der Waals surface area contributed by atoms with E-state index in [2.05, 4.69) is 15.7 Å². The van der Waals surface area contributed by atoms with Crippen LogP contribution in [0.1, 0.15) is 76.4 Å². The average molecular weight is 889 g/mol. The van der Waals surface area contributed by atoms with Crippen LogP contribution < -0.4 is 20.7 Å². The number of carbonyl (C=O) groups excluding carboxylic acids is 1. The molecule has 0 radical (unpaired) electrons. The van der Waals surface area contributed by atoms with Crippen LogP contribution in [0.2, 0.25) is 0 Å². The fourth-order valence-corrected chi connectivity index (χ4v) is 10.00. The lowest BCUT2D eigenvalue weighted by molar-refractivity contribution is -0.152. The van der Waals surface area contributed by atoms with Crippen LogP contribution in [-0.4, -0.2) is 103 Å². The number of hydrogen-bond donors (Lipinski definition) is 1. The summed E-state index contributed by atoms with van der Waals surface area (Å²) in [5, 5.41) is 9.44. The average Bonchev–Trinajstić information content (AvgIpc) is 3.58. The highest BCUT2D eigenvalue weighted by molar-refractivity contribution is 7.51. The largest absolute Gasteiger partial charge is 0.497 e. The first-order chi connectivity index (χ1) is 30.1. The van der Waals surface area contributed by atoms with Gasteiger partial charge in [-0.05, 0) is 89.4 Å². The summed E-state index contributed by atoms with van der Waals surface area (Å²) >= 11 is 0. The molecule has 15 nitrogen and oxygen atoms in total. The molecule has 4 aromatic rings. The second kappa shape index (κ2) is 22.1. The monoisotopic (exact) mass is 888 g/mol. The number of rotatable bonds is 22. The van der Waals surface area contributed by atoms with Crippen molar-refractivity contribution in [2.75, 3.05) is 47.3 Å². The van der Waals surface area contributed by atoms with E-state index in [9.17, 15) is 19.6 Å². The molecule has 0 amide bonds. The van der Waals surface area contributed by atoms with Crippen LogP contribution in [0.4, 0.5) is 0 Å². The Morgan fingerprint density at radius 1 is 0.873 bits per heavy atom. The number of nitriles is 1. The Morgan fingerprint density at radius 2 is 1.44 bits per heavy atom. The number of benzene rings is 3. The molecule has 1 aromatic heterocycles. The summed E-state index contributed by atoms with van der Waals surface area (Å²) < 4.78 is 53.8. The molecular weight excluding hydrogens is 828 g/mol. The number of aryl methyl sites for hydroxylation is 1. The molecule has 63 heavy (non-hydrogen) atoms. The maximum Gasteiger partial charge on any atom is 0.330 e. The number of carbonyl (C=O) groups is 1. The molecule has 1 fully saturated rings. The number of aromatic nitrogens is 2.